The smallest absolute Gasteiger partial charge is 0.127 e. The van der Waals surface area contributed by atoms with E-state index in [9.17, 15) is 0 Å². The Hall–Kier alpha value is -1.26. The molecule has 0 aliphatic rings. The van der Waals surface area contributed by atoms with E-state index >= 15 is 0 Å². The molecule has 0 saturated heterocycles. The van der Waals surface area contributed by atoms with E-state index < -0.39 is 0 Å². The van der Waals surface area contributed by atoms with Crippen molar-refractivity contribution in [3.8, 4) is 11.5 Å². The highest BCUT2D eigenvalue weighted by atomic mass is 16.5. The van der Waals surface area contributed by atoms with Crippen LogP contribution in [0, 0.1) is 0 Å². The number of nitrogens with one attached hydrogen (secondary N) is 1. The topological polar surface area (TPSA) is 39.7 Å². The molecule has 1 N–H and O–H groups in total. The normalized spacial score (nSPS) is 13.9. The molecule has 0 bridgehead atoms. The van der Waals surface area contributed by atoms with Gasteiger partial charge in [-0.1, -0.05) is 6.92 Å². The molecule has 1 aromatic rings. The fourth-order valence-corrected chi connectivity index (χ4v) is 2.18. The van der Waals surface area contributed by atoms with Crippen molar-refractivity contribution in [3.05, 3.63) is 23.8 Å². The van der Waals surface area contributed by atoms with Crippen molar-refractivity contribution in [1.29, 1.82) is 0 Å². The molecular weight excluding hydrogens is 242 g/mol. The summed E-state index contributed by atoms with van der Waals surface area (Å²) in [5.74, 6) is 1.61. The minimum absolute atomic E-state index is 0.0762. The molecule has 4 nitrogen and oxygen atoms in total. The predicted molar refractivity (Wildman–Crippen MR) is 77.1 cm³/mol. The first-order chi connectivity index (χ1) is 9.17. The average Bonchev–Trinajstić information content (AvgIpc) is 2.44. The Balaban J connectivity index is 3.06. The van der Waals surface area contributed by atoms with Crippen molar-refractivity contribution >= 4 is 0 Å². The quantitative estimate of drug-likeness (QED) is 0.786. The molecule has 108 valence electrons. The number of hydrogen-bond acceptors (Lipinski definition) is 4. The van der Waals surface area contributed by atoms with E-state index in [2.05, 4.69) is 19.2 Å². The van der Waals surface area contributed by atoms with Crippen LogP contribution in [0.25, 0.3) is 0 Å². The number of benzene rings is 1. The van der Waals surface area contributed by atoms with E-state index in [1.165, 1.54) is 0 Å². The van der Waals surface area contributed by atoms with Gasteiger partial charge in [-0.15, -0.1) is 0 Å². The maximum atomic E-state index is 5.72. The Bertz CT molecular complexity index is 382. The molecule has 1 aromatic carbocycles. The van der Waals surface area contributed by atoms with E-state index in [0.717, 1.165) is 23.6 Å². The van der Waals surface area contributed by atoms with E-state index in [1.54, 1.807) is 14.2 Å². The van der Waals surface area contributed by atoms with Crippen LogP contribution in [0.15, 0.2) is 18.2 Å². The highest BCUT2D eigenvalue weighted by Crippen LogP contribution is 2.31. The van der Waals surface area contributed by atoms with Crippen LogP contribution in [-0.2, 0) is 4.74 Å². The molecule has 1 rings (SSSR count). The van der Waals surface area contributed by atoms with Crippen molar-refractivity contribution < 1.29 is 14.2 Å². The second-order valence-corrected chi connectivity index (χ2v) is 4.30. The first kappa shape index (κ1) is 15.8. The summed E-state index contributed by atoms with van der Waals surface area (Å²) in [6, 6.07) is 5.98. The average molecular weight is 267 g/mol. The first-order valence-corrected chi connectivity index (χ1v) is 6.74. The fraction of sp³-hybridized carbons (Fsp3) is 0.600. The molecule has 19 heavy (non-hydrogen) atoms. The third-order valence-electron chi connectivity index (χ3n) is 3.10. The number of likely N-dealkylation sites (N-methyl/N-ethyl adjacent to an activating group) is 1. The van der Waals surface area contributed by atoms with Crippen molar-refractivity contribution in [1.82, 2.24) is 5.32 Å². The van der Waals surface area contributed by atoms with E-state index in [4.69, 9.17) is 14.2 Å². The lowest BCUT2D eigenvalue weighted by Crippen LogP contribution is -2.32. The molecule has 0 heterocycles. The van der Waals surface area contributed by atoms with Crippen LogP contribution >= 0.6 is 0 Å². The van der Waals surface area contributed by atoms with Gasteiger partial charge in [0.05, 0.1) is 26.4 Å². The summed E-state index contributed by atoms with van der Waals surface area (Å²) in [5.41, 5.74) is 1.09. The molecule has 0 fully saturated rings. The molecule has 0 aliphatic carbocycles. The van der Waals surface area contributed by atoms with Crippen molar-refractivity contribution in [2.75, 3.05) is 27.4 Å². The summed E-state index contributed by atoms with van der Waals surface area (Å²) in [6.07, 6.45) is 0.0762. The number of ether oxygens (including phenoxy) is 3. The molecule has 0 radical (unpaired) electrons. The maximum Gasteiger partial charge on any atom is 0.127 e. The predicted octanol–water partition coefficient (Wildman–Crippen LogP) is 2.78. The molecular formula is C15H25NO3. The van der Waals surface area contributed by atoms with E-state index in [1.807, 2.05) is 25.1 Å². The Morgan fingerprint density at radius 3 is 2.42 bits per heavy atom. The van der Waals surface area contributed by atoms with Gasteiger partial charge in [0.15, 0.2) is 0 Å². The maximum absolute atomic E-state index is 5.72. The van der Waals surface area contributed by atoms with Crippen LogP contribution in [0.2, 0.25) is 0 Å². The van der Waals surface area contributed by atoms with Gasteiger partial charge in [-0.2, -0.15) is 0 Å². The highest BCUT2D eigenvalue weighted by Gasteiger charge is 2.22. The van der Waals surface area contributed by atoms with Crippen LogP contribution in [0.3, 0.4) is 0 Å². The van der Waals surface area contributed by atoms with Crippen molar-refractivity contribution in [2.24, 2.45) is 0 Å². The Kier molecular flexibility index (Phi) is 6.67. The second-order valence-electron chi connectivity index (χ2n) is 4.30. The molecule has 0 saturated carbocycles. The number of rotatable bonds is 8. The highest BCUT2D eigenvalue weighted by molar-refractivity contribution is 5.43. The largest absolute Gasteiger partial charge is 0.497 e. The van der Waals surface area contributed by atoms with Gasteiger partial charge in [0.2, 0.25) is 0 Å². The lowest BCUT2D eigenvalue weighted by atomic mass is 10.0. The molecule has 0 spiro atoms. The van der Waals surface area contributed by atoms with Crippen LogP contribution in [0.4, 0.5) is 0 Å². The van der Waals surface area contributed by atoms with Gasteiger partial charge < -0.3 is 19.5 Å². The van der Waals surface area contributed by atoms with E-state index in [-0.39, 0.29) is 12.1 Å². The molecule has 0 aromatic heterocycles. The van der Waals surface area contributed by atoms with Gasteiger partial charge in [0, 0.05) is 18.2 Å². The standard InChI is InChI=1S/C15H25NO3/c1-6-16-15(11(3)19-7-2)13-9-8-12(17-4)10-14(13)18-5/h8-11,15-16H,6-7H2,1-5H3. The zero-order valence-corrected chi connectivity index (χ0v) is 12.5. The monoisotopic (exact) mass is 267 g/mol. The molecule has 2 atom stereocenters. The zero-order valence-electron chi connectivity index (χ0n) is 12.5. The van der Waals surface area contributed by atoms with Crippen LogP contribution in [-0.4, -0.2) is 33.5 Å². The van der Waals surface area contributed by atoms with Crippen molar-refractivity contribution in [3.63, 3.8) is 0 Å². The Morgan fingerprint density at radius 2 is 1.89 bits per heavy atom. The first-order valence-electron chi connectivity index (χ1n) is 6.74. The summed E-state index contributed by atoms with van der Waals surface area (Å²) >= 11 is 0. The van der Waals surface area contributed by atoms with Gasteiger partial charge in [-0.25, -0.2) is 0 Å². The lowest BCUT2D eigenvalue weighted by Gasteiger charge is -2.26. The number of hydrogen-bond donors (Lipinski definition) is 1. The summed E-state index contributed by atoms with van der Waals surface area (Å²) < 4.78 is 16.4. The summed E-state index contributed by atoms with van der Waals surface area (Å²) in [6.45, 7) is 7.73. The number of methoxy groups -OCH3 is 2. The minimum atomic E-state index is 0.0762. The van der Waals surface area contributed by atoms with Gasteiger partial charge in [-0.3, -0.25) is 0 Å². The summed E-state index contributed by atoms with van der Waals surface area (Å²) in [4.78, 5) is 0. The van der Waals surface area contributed by atoms with Crippen LogP contribution in [0.1, 0.15) is 32.4 Å². The third kappa shape index (κ3) is 4.11. The molecule has 0 amide bonds. The summed E-state index contributed by atoms with van der Waals surface area (Å²) in [5, 5.41) is 3.45. The van der Waals surface area contributed by atoms with Crippen LogP contribution in [0.5, 0.6) is 11.5 Å². The zero-order chi connectivity index (χ0) is 14.3. The molecule has 4 heteroatoms. The second kappa shape index (κ2) is 8.02. The fourth-order valence-electron chi connectivity index (χ4n) is 2.18. The lowest BCUT2D eigenvalue weighted by molar-refractivity contribution is 0.0470. The van der Waals surface area contributed by atoms with Gasteiger partial charge >= 0.3 is 0 Å². The van der Waals surface area contributed by atoms with Crippen molar-refractivity contribution in [2.45, 2.75) is 32.9 Å². The Morgan fingerprint density at radius 1 is 1.16 bits per heavy atom. The minimum Gasteiger partial charge on any atom is -0.497 e. The van der Waals surface area contributed by atoms with Gasteiger partial charge in [-0.05, 0) is 32.5 Å². The molecule has 2 unspecified atom stereocenters. The molecule has 0 aliphatic heterocycles. The van der Waals surface area contributed by atoms with Gasteiger partial charge in [0.1, 0.15) is 11.5 Å². The van der Waals surface area contributed by atoms with E-state index in [0.29, 0.717) is 6.61 Å². The van der Waals surface area contributed by atoms with Crippen LogP contribution < -0.4 is 14.8 Å². The third-order valence-corrected chi connectivity index (χ3v) is 3.10. The van der Waals surface area contributed by atoms with Gasteiger partial charge in [0.25, 0.3) is 0 Å². The summed E-state index contributed by atoms with van der Waals surface area (Å²) in [7, 11) is 3.33. The SMILES string of the molecule is CCNC(c1ccc(OC)cc1OC)C(C)OCC. The Labute approximate surface area is 116 Å².